The maximum atomic E-state index is 15.0. The predicted octanol–water partition coefficient (Wildman–Crippen LogP) is 8.74. The first-order valence-electron chi connectivity index (χ1n) is 17.3. The van der Waals surface area contributed by atoms with Gasteiger partial charge in [-0.2, -0.15) is 0 Å². The Hall–Kier alpha value is -6.49. The van der Waals surface area contributed by atoms with Crippen molar-refractivity contribution in [1.82, 2.24) is 0 Å². The van der Waals surface area contributed by atoms with Gasteiger partial charge in [0.25, 0.3) is 0 Å². The molecule has 5 aromatic carbocycles. The molecule has 278 valence electrons. The van der Waals surface area contributed by atoms with Crippen LogP contribution in [-0.4, -0.2) is 50.3 Å². The first kappa shape index (κ1) is 38.7. The molecule has 0 spiro atoms. The Kier molecular flexibility index (Phi) is 13.5. The van der Waals surface area contributed by atoms with E-state index in [2.05, 4.69) is 13.2 Å². The van der Waals surface area contributed by atoms with Crippen molar-refractivity contribution in [3.05, 3.63) is 133 Å². The van der Waals surface area contributed by atoms with Crippen LogP contribution in [0.3, 0.4) is 0 Å². The second-order valence-electron chi connectivity index (χ2n) is 12.2. The van der Waals surface area contributed by atoms with E-state index in [0.29, 0.717) is 30.3 Å². The van der Waals surface area contributed by atoms with Crippen molar-refractivity contribution in [2.45, 2.75) is 32.6 Å². The third-order valence-electron chi connectivity index (χ3n) is 8.06. The largest absolute Gasteiger partial charge is 0.494 e. The number of halogens is 1. The van der Waals surface area contributed by atoms with E-state index in [9.17, 15) is 19.2 Å². The van der Waals surface area contributed by atoms with E-state index in [1.54, 1.807) is 61.5 Å². The molecule has 0 radical (unpaired) electrons. The van der Waals surface area contributed by atoms with Crippen molar-refractivity contribution in [1.29, 1.82) is 0 Å². The lowest BCUT2D eigenvalue weighted by Gasteiger charge is -2.10. The topological polar surface area (TPSA) is 124 Å². The normalized spacial score (nSPS) is 10.7. The first-order valence-corrected chi connectivity index (χ1v) is 17.3. The molecule has 0 saturated heterocycles. The molecule has 0 fully saturated rings. The van der Waals surface area contributed by atoms with E-state index in [-0.39, 0.29) is 41.8 Å². The van der Waals surface area contributed by atoms with Crippen LogP contribution >= 0.6 is 0 Å². The maximum absolute atomic E-state index is 15.0. The smallest absolute Gasteiger partial charge is 0.343 e. The number of benzene rings is 5. The van der Waals surface area contributed by atoms with E-state index in [4.69, 9.17) is 28.4 Å². The number of hydrogen-bond donors (Lipinski definition) is 0. The van der Waals surface area contributed by atoms with Gasteiger partial charge in [-0.1, -0.05) is 37.4 Å². The van der Waals surface area contributed by atoms with Crippen LogP contribution in [0.2, 0.25) is 0 Å². The second-order valence-corrected chi connectivity index (χ2v) is 12.2. The van der Waals surface area contributed by atoms with Gasteiger partial charge in [-0.25, -0.2) is 23.6 Å². The van der Waals surface area contributed by atoms with Crippen LogP contribution in [0, 0.1) is 5.82 Å². The lowest BCUT2D eigenvalue weighted by atomic mass is 10.1. The van der Waals surface area contributed by atoms with Crippen LogP contribution in [-0.2, 0) is 19.1 Å². The molecule has 0 saturated carbocycles. The van der Waals surface area contributed by atoms with Crippen molar-refractivity contribution < 1.29 is 52.0 Å². The zero-order chi connectivity index (χ0) is 38.5. The SMILES string of the molecule is C=CC(=O)OCCOc1ccc2cc(C(=O)Oc3ccc(OC(=O)c4ccc5cc(OCCCCCCOC(=O)C(=C)C)ccc5c4)cc3F)ccc2c1. The molecule has 0 N–H and O–H groups in total. The van der Waals surface area contributed by atoms with Gasteiger partial charge in [0.15, 0.2) is 11.6 Å². The van der Waals surface area contributed by atoms with E-state index in [1.807, 2.05) is 18.2 Å². The monoisotopic (exact) mass is 734 g/mol. The van der Waals surface area contributed by atoms with Crippen molar-refractivity contribution in [3.63, 3.8) is 0 Å². The van der Waals surface area contributed by atoms with Crippen LogP contribution in [0.15, 0.2) is 116 Å². The van der Waals surface area contributed by atoms with E-state index in [1.165, 1.54) is 12.1 Å². The molecule has 54 heavy (non-hydrogen) atoms. The standard InChI is InChI=1S/C43H39FO10/c1-4-40(45)51-22-21-50-36-16-14-30-24-34(12-10-32(30)26-36)43(48)54-39-18-17-37(27-38(39)44)53-42(47)33-11-9-31-25-35(15-13-29(31)23-33)49-19-7-5-6-8-20-52-41(46)28(2)3/h4,9-18,23-27H,1-2,5-8,19-22H2,3H3. The molecule has 5 aromatic rings. The molecular formula is C43H39FO10. The van der Waals surface area contributed by atoms with Crippen LogP contribution in [0.1, 0.15) is 53.3 Å². The molecule has 0 aliphatic rings. The van der Waals surface area contributed by atoms with Gasteiger partial charge < -0.3 is 28.4 Å². The Morgan fingerprint density at radius 1 is 0.593 bits per heavy atom. The molecule has 10 nitrogen and oxygen atoms in total. The highest BCUT2D eigenvalue weighted by Gasteiger charge is 2.16. The van der Waals surface area contributed by atoms with Gasteiger partial charge in [0.05, 0.1) is 24.3 Å². The molecule has 0 atom stereocenters. The fraction of sp³-hybridized carbons (Fsp3) is 0.209. The van der Waals surface area contributed by atoms with Gasteiger partial charge in [0.1, 0.15) is 30.5 Å². The van der Waals surface area contributed by atoms with Crippen LogP contribution < -0.4 is 18.9 Å². The molecule has 0 bridgehead atoms. The molecule has 0 unspecified atom stereocenters. The highest BCUT2D eigenvalue weighted by Crippen LogP contribution is 2.27. The Balaban J connectivity index is 1.09. The summed E-state index contributed by atoms with van der Waals surface area (Å²) in [5, 5.41) is 3.17. The Morgan fingerprint density at radius 2 is 1.13 bits per heavy atom. The lowest BCUT2D eigenvalue weighted by Crippen LogP contribution is -2.11. The van der Waals surface area contributed by atoms with Crippen LogP contribution in [0.25, 0.3) is 21.5 Å². The fourth-order valence-electron chi connectivity index (χ4n) is 5.23. The molecule has 0 amide bonds. The minimum absolute atomic E-state index is 0.0587. The van der Waals surface area contributed by atoms with Gasteiger partial charge in [-0.05, 0) is 115 Å². The summed E-state index contributed by atoms with van der Waals surface area (Å²) >= 11 is 0. The second kappa shape index (κ2) is 18.8. The van der Waals surface area contributed by atoms with Crippen molar-refractivity contribution in [2.75, 3.05) is 26.4 Å². The third-order valence-corrected chi connectivity index (χ3v) is 8.06. The van der Waals surface area contributed by atoms with Crippen molar-refractivity contribution in [3.8, 4) is 23.0 Å². The Bertz CT molecular complexity index is 2190. The molecular weight excluding hydrogens is 695 g/mol. The summed E-state index contributed by atoms with van der Waals surface area (Å²) in [5.41, 5.74) is 0.861. The Labute approximate surface area is 311 Å². The fourth-order valence-corrected chi connectivity index (χ4v) is 5.23. The van der Waals surface area contributed by atoms with Gasteiger partial charge in [-0.15, -0.1) is 0 Å². The summed E-state index contributed by atoms with van der Waals surface area (Å²) in [6.45, 7) is 9.66. The molecule has 0 aliphatic heterocycles. The summed E-state index contributed by atoms with van der Waals surface area (Å²) in [6.07, 6.45) is 4.56. The minimum atomic E-state index is -0.884. The average Bonchev–Trinajstić information content (AvgIpc) is 3.17. The zero-order valence-electron chi connectivity index (χ0n) is 29.8. The van der Waals surface area contributed by atoms with Gasteiger partial charge in [-0.3, -0.25) is 0 Å². The number of rotatable bonds is 18. The number of carbonyl (C=O) groups is 4. The maximum Gasteiger partial charge on any atom is 0.343 e. The molecule has 0 aliphatic carbocycles. The quantitative estimate of drug-likeness (QED) is 0.0374. The van der Waals surface area contributed by atoms with Crippen LogP contribution in [0.4, 0.5) is 4.39 Å². The van der Waals surface area contributed by atoms with Gasteiger partial charge >= 0.3 is 23.9 Å². The number of unbranched alkanes of at least 4 members (excludes halogenated alkanes) is 3. The first-order chi connectivity index (χ1) is 26.1. The van der Waals surface area contributed by atoms with Crippen molar-refractivity contribution >= 4 is 45.4 Å². The molecule has 0 heterocycles. The minimum Gasteiger partial charge on any atom is -0.494 e. The van der Waals surface area contributed by atoms with Crippen molar-refractivity contribution in [2.24, 2.45) is 0 Å². The summed E-state index contributed by atoms with van der Waals surface area (Å²) in [5.74, 6) is -2.38. The third kappa shape index (κ3) is 11.0. The number of hydrogen-bond acceptors (Lipinski definition) is 10. The summed E-state index contributed by atoms with van der Waals surface area (Å²) in [6, 6.07) is 24.2. The summed E-state index contributed by atoms with van der Waals surface area (Å²) in [4.78, 5) is 48.4. The zero-order valence-corrected chi connectivity index (χ0v) is 29.8. The number of fused-ring (bicyclic) bond motifs is 2. The molecule has 11 heteroatoms. The molecule has 0 aromatic heterocycles. The van der Waals surface area contributed by atoms with Gasteiger partial charge in [0, 0.05) is 17.7 Å². The number of esters is 4. The van der Waals surface area contributed by atoms with E-state index < -0.39 is 23.7 Å². The highest BCUT2D eigenvalue weighted by molar-refractivity contribution is 5.98. The summed E-state index contributed by atoms with van der Waals surface area (Å²) in [7, 11) is 0. The highest BCUT2D eigenvalue weighted by atomic mass is 19.1. The Morgan fingerprint density at radius 3 is 1.72 bits per heavy atom. The van der Waals surface area contributed by atoms with Crippen LogP contribution in [0.5, 0.6) is 23.0 Å². The number of carbonyl (C=O) groups excluding carboxylic acids is 4. The van der Waals surface area contributed by atoms with E-state index in [0.717, 1.165) is 59.4 Å². The van der Waals surface area contributed by atoms with Gasteiger partial charge in [0.2, 0.25) is 0 Å². The number of ether oxygens (including phenoxy) is 6. The average molecular weight is 735 g/mol. The summed E-state index contributed by atoms with van der Waals surface area (Å²) < 4.78 is 47.2. The predicted molar refractivity (Wildman–Crippen MR) is 201 cm³/mol. The lowest BCUT2D eigenvalue weighted by molar-refractivity contribution is -0.139. The van der Waals surface area contributed by atoms with E-state index >= 15 is 4.39 Å². The molecule has 5 rings (SSSR count).